The van der Waals surface area contributed by atoms with Crippen LogP contribution in [-0.2, 0) is 23.9 Å². The molecule has 4 heterocycles. The monoisotopic (exact) mass is 493 g/mol. The predicted molar refractivity (Wildman–Crippen MR) is 128 cm³/mol. The van der Waals surface area contributed by atoms with Crippen molar-refractivity contribution in [2.45, 2.75) is 28.9 Å². The number of rotatable bonds is 11. The normalized spacial score (nSPS) is 32.5. The Hall–Kier alpha value is -1.88. The van der Waals surface area contributed by atoms with Crippen LogP contribution >= 0.6 is 11.8 Å². The number of amides is 2. The maximum Gasteiger partial charge on any atom is 0.311 e. The molecule has 0 aromatic rings. The Morgan fingerprint density at radius 1 is 1.26 bits per heavy atom. The molecule has 2 amide bonds. The van der Waals surface area contributed by atoms with E-state index in [1.165, 1.54) is 11.0 Å². The summed E-state index contributed by atoms with van der Waals surface area (Å²) in [4.78, 5) is 46.1. The number of β-amino-alcohol motifs (C(OH)–C–C–N with tert-alkyl or cyclic N) is 1. The van der Waals surface area contributed by atoms with E-state index in [1.54, 1.807) is 22.7 Å². The molecule has 34 heavy (non-hydrogen) atoms. The van der Waals surface area contributed by atoms with Gasteiger partial charge in [-0.2, -0.15) is 0 Å². The van der Waals surface area contributed by atoms with E-state index in [-0.39, 0.29) is 36.8 Å². The summed E-state index contributed by atoms with van der Waals surface area (Å²) in [5.41, 5.74) is 0. The van der Waals surface area contributed by atoms with Gasteiger partial charge < -0.3 is 24.4 Å². The molecule has 4 aliphatic heterocycles. The quantitative estimate of drug-likeness (QED) is 0.321. The van der Waals surface area contributed by atoms with Crippen molar-refractivity contribution in [2.24, 2.45) is 11.8 Å². The summed E-state index contributed by atoms with van der Waals surface area (Å²) < 4.78 is 10.1. The van der Waals surface area contributed by atoms with Crippen molar-refractivity contribution < 1.29 is 29.0 Å². The number of aliphatic hydroxyl groups excluding tert-OH is 1. The first kappa shape index (κ1) is 25.2. The Morgan fingerprint density at radius 3 is 2.71 bits per heavy atom. The molecule has 4 rings (SSSR count). The minimum atomic E-state index is -0.714. The topological polar surface area (TPSA) is 99.6 Å². The highest BCUT2D eigenvalue weighted by molar-refractivity contribution is 8.02. The van der Waals surface area contributed by atoms with Crippen LogP contribution in [0.3, 0.4) is 0 Å². The third kappa shape index (κ3) is 4.41. The largest absolute Gasteiger partial charge is 0.461 e. The Morgan fingerprint density at radius 2 is 2.03 bits per heavy atom. The van der Waals surface area contributed by atoms with Gasteiger partial charge in [0.1, 0.15) is 12.6 Å². The van der Waals surface area contributed by atoms with Crippen molar-refractivity contribution in [3.05, 3.63) is 25.3 Å². The van der Waals surface area contributed by atoms with Gasteiger partial charge in [0, 0.05) is 44.5 Å². The zero-order chi connectivity index (χ0) is 24.3. The summed E-state index contributed by atoms with van der Waals surface area (Å²) in [7, 11) is 0. The number of hydrogen-bond donors (Lipinski definition) is 1. The van der Waals surface area contributed by atoms with E-state index in [9.17, 15) is 19.5 Å². The number of carbonyl (C=O) groups excluding carboxylic acids is 3. The first-order valence-electron chi connectivity index (χ1n) is 12.0. The standard InChI is InChI=1S/C24H35N3O6S/c1-3-7-26(9-8-25-11-15-32-16-12-25)22(30)20-24-6-5-17(34-24)18(23(31)33-14-4-2)19(24)21(29)27(20)10-13-28/h3-4,17-20,28H,1-2,5-16H2/t17-,18+,19-,20?,24?/m0/s1. The minimum absolute atomic E-state index is 0.0425. The van der Waals surface area contributed by atoms with E-state index in [0.717, 1.165) is 19.5 Å². The number of thioether (sulfide) groups is 1. The lowest BCUT2D eigenvalue weighted by Crippen LogP contribution is -2.56. The highest BCUT2D eigenvalue weighted by atomic mass is 32.2. The number of aliphatic hydroxyl groups is 1. The van der Waals surface area contributed by atoms with Gasteiger partial charge in [-0.05, 0) is 12.8 Å². The van der Waals surface area contributed by atoms with E-state index in [0.29, 0.717) is 39.3 Å². The van der Waals surface area contributed by atoms with Gasteiger partial charge in [0.15, 0.2) is 0 Å². The maximum absolute atomic E-state index is 14.0. The van der Waals surface area contributed by atoms with Gasteiger partial charge in [0.2, 0.25) is 11.8 Å². The van der Waals surface area contributed by atoms with Crippen LogP contribution in [0.25, 0.3) is 0 Å². The third-order valence-electron chi connectivity index (χ3n) is 7.44. The lowest BCUT2D eigenvalue weighted by atomic mass is 9.71. The van der Waals surface area contributed by atoms with Crippen LogP contribution < -0.4 is 0 Å². The van der Waals surface area contributed by atoms with Crippen molar-refractivity contribution in [3.63, 3.8) is 0 Å². The molecule has 0 aromatic carbocycles. The lowest BCUT2D eigenvalue weighted by Gasteiger charge is -2.38. The Kier molecular flexibility index (Phi) is 8.01. The van der Waals surface area contributed by atoms with E-state index in [2.05, 4.69) is 18.1 Å². The van der Waals surface area contributed by atoms with Crippen LogP contribution in [0, 0.1) is 11.8 Å². The maximum atomic E-state index is 14.0. The molecule has 0 aliphatic carbocycles. The summed E-state index contributed by atoms with van der Waals surface area (Å²) in [6, 6.07) is -0.714. The summed E-state index contributed by atoms with van der Waals surface area (Å²) in [6.07, 6.45) is 4.66. The molecular weight excluding hydrogens is 458 g/mol. The highest BCUT2D eigenvalue weighted by Gasteiger charge is 2.74. The fourth-order valence-electron chi connectivity index (χ4n) is 5.99. The number of carbonyl (C=O) groups is 3. The summed E-state index contributed by atoms with van der Waals surface area (Å²) in [5.74, 6) is -1.95. The van der Waals surface area contributed by atoms with Crippen molar-refractivity contribution in [1.82, 2.24) is 14.7 Å². The van der Waals surface area contributed by atoms with Crippen molar-refractivity contribution in [2.75, 3.05) is 65.7 Å². The number of hydrogen-bond acceptors (Lipinski definition) is 8. The fraction of sp³-hybridized carbons (Fsp3) is 0.708. The second-order valence-corrected chi connectivity index (χ2v) is 10.9. The summed E-state index contributed by atoms with van der Waals surface area (Å²) >= 11 is 1.60. The van der Waals surface area contributed by atoms with Crippen LogP contribution in [0.2, 0.25) is 0 Å². The lowest BCUT2D eigenvalue weighted by molar-refractivity contribution is -0.153. The number of esters is 1. The molecule has 0 aromatic heterocycles. The first-order valence-corrected chi connectivity index (χ1v) is 12.9. The molecule has 2 bridgehead atoms. The van der Waals surface area contributed by atoms with Gasteiger partial charge in [0.25, 0.3) is 0 Å². The molecule has 4 aliphatic rings. The van der Waals surface area contributed by atoms with Gasteiger partial charge in [-0.3, -0.25) is 19.3 Å². The third-order valence-corrected chi connectivity index (χ3v) is 9.39. The molecule has 4 saturated heterocycles. The number of nitrogens with zero attached hydrogens (tertiary/aromatic N) is 3. The van der Waals surface area contributed by atoms with Crippen molar-refractivity contribution in [1.29, 1.82) is 0 Å². The van der Waals surface area contributed by atoms with Gasteiger partial charge in [-0.1, -0.05) is 18.7 Å². The van der Waals surface area contributed by atoms with Gasteiger partial charge in [-0.15, -0.1) is 18.3 Å². The zero-order valence-electron chi connectivity index (χ0n) is 19.6. The molecule has 1 spiro atoms. The van der Waals surface area contributed by atoms with Crippen LogP contribution in [0.4, 0.5) is 0 Å². The Bertz CT molecular complexity index is 819. The van der Waals surface area contributed by atoms with E-state index in [1.807, 2.05) is 0 Å². The average molecular weight is 494 g/mol. The molecule has 4 fully saturated rings. The molecular formula is C24H35N3O6S. The Balaban J connectivity index is 1.59. The predicted octanol–water partition coefficient (Wildman–Crippen LogP) is 0.146. The molecule has 5 atom stereocenters. The van der Waals surface area contributed by atoms with Crippen LogP contribution in [0.1, 0.15) is 12.8 Å². The zero-order valence-corrected chi connectivity index (χ0v) is 20.4. The number of likely N-dealkylation sites (tertiary alicyclic amines) is 1. The highest BCUT2D eigenvalue weighted by Crippen LogP contribution is 2.66. The smallest absolute Gasteiger partial charge is 0.311 e. The molecule has 188 valence electrons. The summed E-state index contributed by atoms with van der Waals surface area (Å²) in [5, 5.41) is 9.68. The summed E-state index contributed by atoms with van der Waals surface area (Å²) in [6.45, 7) is 12.0. The minimum Gasteiger partial charge on any atom is -0.461 e. The fourth-order valence-corrected chi connectivity index (χ4v) is 8.19. The molecule has 2 unspecified atom stereocenters. The van der Waals surface area contributed by atoms with E-state index < -0.39 is 28.6 Å². The van der Waals surface area contributed by atoms with Crippen molar-refractivity contribution in [3.8, 4) is 0 Å². The van der Waals surface area contributed by atoms with Crippen LogP contribution in [0.5, 0.6) is 0 Å². The second kappa shape index (κ2) is 10.8. The Labute approximate surface area is 205 Å². The van der Waals surface area contributed by atoms with E-state index >= 15 is 0 Å². The van der Waals surface area contributed by atoms with Crippen LogP contribution in [0.15, 0.2) is 25.3 Å². The van der Waals surface area contributed by atoms with Gasteiger partial charge in [-0.25, -0.2) is 0 Å². The SMILES string of the molecule is C=CCOC(=O)[C@@H]1[C@@H]2CCC3(S2)C(C(=O)N(CC=C)CCN2CCOCC2)N(CCO)C(=O)[C@H]13. The van der Waals surface area contributed by atoms with Gasteiger partial charge >= 0.3 is 5.97 Å². The molecule has 9 nitrogen and oxygen atoms in total. The number of ether oxygens (including phenoxy) is 2. The molecule has 10 heteroatoms. The van der Waals surface area contributed by atoms with Crippen molar-refractivity contribution >= 4 is 29.5 Å². The second-order valence-electron chi connectivity index (χ2n) is 9.26. The molecule has 1 N–H and O–H groups in total. The first-order chi connectivity index (χ1) is 16.5. The molecule has 0 radical (unpaired) electrons. The number of morpholine rings is 1. The van der Waals surface area contributed by atoms with Crippen LogP contribution in [-0.4, -0.2) is 119 Å². The van der Waals surface area contributed by atoms with Gasteiger partial charge in [0.05, 0.1) is 36.4 Å². The number of fused-ring (bicyclic) bond motifs is 1. The average Bonchev–Trinajstić information content (AvgIpc) is 3.48. The van der Waals surface area contributed by atoms with E-state index in [4.69, 9.17) is 9.47 Å². The molecule has 0 saturated carbocycles.